The lowest BCUT2D eigenvalue weighted by molar-refractivity contribution is 0.152. The molecule has 1 aromatic carbocycles. The van der Waals surface area contributed by atoms with Gasteiger partial charge in [0.05, 0.1) is 0 Å². The molecule has 0 aliphatic carbocycles. The number of aromatic amines is 1. The van der Waals surface area contributed by atoms with Crippen molar-refractivity contribution < 1.29 is 4.39 Å². The third-order valence-electron chi connectivity index (χ3n) is 4.97. The molecule has 2 aromatic heterocycles. The van der Waals surface area contributed by atoms with Gasteiger partial charge in [0, 0.05) is 30.2 Å². The normalized spacial score (nSPS) is 18.3. The first-order valence-corrected chi connectivity index (χ1v) is 9.34. The maximum absolute atomic E-state index is 14.1. The quantitative estimate of drug-likeness (QED) is 0.740. The summed E-state index contributed by atoms with van der Waals surface area (Å²) >= 11 is 6.17. The Hall–Kier alpha value is -2.32. The third kappa shape index (κ3) is 3.72. The second kappa shape index (κ2) is 7.36. The van der Waals surface area contributed by atoms with Gasteiger partial charge in [0.1, 0.15) is 11.6 Å². The zero-order valence-electron chi connectivity index (χ0n) is 15.0. The fourth-order valence-corrected chi connectivity index (χ4v) is 3.92. The number of nitrogens with one attached hydrogen (secondary N) is 1. The molecule has 0 saturated carbocycles. The van der Waals surface area contributed by atoms with E-state index in [4.69, 9.17) is 11.6 Å². The molecule has 3 heterocycles. The molecule has 1 N–H and O–H groups in total. The Morgan fingerprint density at radius 2 is 2.26 bits per heavy atom. The highest BCUT2D eigenvalue weighted by atomic mass is 35.5. The Morgan fingerprint density at radius 3 is 3.07 bits per heavy atom. The van der Waals surface area contributed by atoms with E-state index in [2.05, 4.69) is 25.2 Å². The average Bonchev–Trinajstić information content (AvgIpc) is 3.02. The SMILES string of the molecule is Cc1nc2c(nnn2C[C@H]2CCCN(Cc3c(F)cccc3Cl)C2)c(=O)[nH]1. The largest absolute Gasteiger partial charge is 0.309 e. The fourth-order valence-electron chi connectivity index (χ4n) is 3.69. The summed E-state index contributed by atoms with van der Waals surface area (Å²) in [7, 11) is 0. The van der Waals surface area contributed by atoms with Crippen molar-refractivity contribution in [3.05, 3.63) is 50.8 Å². The molecule has 27 heavy (non-hydrogen) atoms. The fraction of sp³-hybridized carbons (Fsp3) is 0.444. The smallest absolute Gasteiger partial charge is 0.281 e. The summed E-state index contributed by atoms with van der Waals surface area (Å²) in [6.45, 7) is 4.54. The number of hydrogen-bond donors (Lipinski definition) is 1. The molecule has 1 aliphatic heterocycles. The topological polar surface area (TPSA) is 79.7 Å². The zero-order valence-corrected chi connectivity index (χ0v) is 15.7. The molecule has 0 amide bonds. The van der Waals surface area contributed by atoms with Crippen LogP contribution in [0.25, 0.3) is 11.2 Å². The summed E-state index contributed by atoms with van der Waals surface area (Å²) in [5, 5.41) is 8.53. The number of rotatable bonds is 4. The number of aryl methyl sites for hydroxylation is 1. The Morgan fingerprint density at radius 1 is 1.41 bits per heavy atom. The molecule has 0 radical (unpaired) electrons. The summed E-state index contributed by atoms with van der Waals surface area (Å²) in [6.07, 6.45) is 2.04. The molecule has 3 aromatic rings. The first-order valence-electron chi connectivity index (χ1n) is 8.96. The monoisotopic (exact) mass is 390 g/mol. The van der Waals surface area contributed by atoms with Crippen molar-refractivity contribution in [3.63, 3.8) is 0 Å². The van der Waals surface area contributed by atoms with Gasteiger partial charge in [-0.1, -0.05) is 22.9 Å². The van der Waals surface area contributed by atoms with E-state index in [0.717, 1.165) is 25.9 Å². The molecule has 0 bridgehead atoms. The molecule has 1 fully saturated rings. The molecule has 9 heteroatoms. The highest BCUT2D eigenvalue weighted by Gasteiger charge is 2.23. The molecule has 4 rings (SSSR count). The average molecular weight is 391 g/mol. The highest BCUT2D eigenvalue weighted by molar-refractivity contribution is 6.31. The van der Waals surface area contributed by atoms with E-state index < -0.39 is 0 Å². The van der Waals surface area contributed by atoms with Gasteiger partial charge in [-0.2, -0.15) is 0 Å². The maximum Gasteiger partial charge on any atom is 0.281 e. The summed E-state index contributed by atoms with van der Waals surface area (Å²) in [5.74, 6) is 0.580. The third-order valence-corrected chi connectivity index (χ3v) is 5.32. The van der Waals surface area contributed by atoms with Crippen LogP contribution in [-0.2, 0) is 13.1 Å². The lowest BCUT2D eigenvalue weighted by Crippen LogP contribution is -2.37. The second-order valence-corrected chi connectivity index (χ2v) is 7.45. The van der Waals surface area contributed by atoms with Crippen molar-refractivity contribution in [2.75, 3.05) is 13.1 Å². The van der Waals surface area contributed by atoms with Crippen molar-refractivity contribution in [1.29, 1.82) is 0 Å². The number of hydrogen-bond acceptors (Lipinski definition) is 5. The molecule has 0 unspecified atom stereocenters. The minimum atomic E-state index is -0.275. The van der Waals surface area contributed by atoms with Crippen LogP contribution < -0.4 is 5.56 Å². The van der Waals surface area contributed by atoms with Crippen molar-refractivity contribution >= 4 is 22.8 Å². The minimum Gasteiger partial charge on any atom is -0.309 e. The van der Waals surface area contributed by atoms with Gasteiger partial charge in [0.15, 0.2) is 11.2 Å². The van der Waals surface area contributed by atoms with E-state index in [1.165, 1.54) is 6.07 Å². The van der Waals surface area contributed by atoms with Crippen molar-refractivity contribution in [1.82, 2.24) is 29.9 Å². The van der Waals surface area contributed by atoms with Crippen LogP contribution in [0.5, 0.6) is 0 Å². The van der Waals surface area contributed by atoms with Crippen LogP contribution in [0, 0.1) is 18.7 Å². The van der Waals surface area contributed by atoms with E-state index >= 15 is 0 Å². The number of halogens is 2. The van der Waals surface area contributed by atoms with Crippen LogP contribution in [0.2, 0.25) is 5.02 Å². The molecule has 1 atom stereocenters. The Balaban J connectivity index is 1.50. The number of aromatic nitrogens is 5. The summed E-state index contributed by atoms with van der Waals surface area (Å²) in [4.78, 5) is 21.2. The zero-order chi connectivity index (χ0) is 19.0. The van der Waals surface area contributed by atoms with Crippen LogP contribution >= 0.6 is 11.6 Å². The van der Waals surface area contributed by atoms with Crippen molar-refractivity contribution in [2.24, 2.45) is 5.92 Å². The number of nitrogens with zero attached hydrogens (tertiary/aromatic N) is 5. The summed E-state index contributed by atoms with van der Waals surface area (Å²) < 4.78 is 15.8. The molecule has 1 saturated heterocycles. The number of benzene rings is 1. The number of fused-ring (bicyclic) bond motifs is 1. The lowest BCUT2D eigenvalue weighted by Gasteiger charge is -2.32. The van der Waals surface area contributed by atoms with Gasteiger partial charge in [-0.3, -0.25) is 9.69 Å². The number of piperidine rings is 1. The number of likely N-dealkylation sites (tertiary alicyclic amines) is 1. The van der Waals surface area contributed by atoms with E-state index in [1.54, 1.807) is 23.7 Å². The molecular formula is C18H20ClFN6O. The van der Waals surface area contributed by atoms with Gasteiger partial charge in [-0.15, -0.1) is 5.10 Å². The van der Waals surface area contributed by atoms with E-state index in [9.17, 15) is 9.18 Å². The Bertz CT molecular complexity index is 1010. The van der Waals surface area contributed by atoms with Gasteiger partial charge in [0.2, 0.25) is 0 Å². The maximum atomic E-state index is 14.1. The standard InChI is InChI=1S/C18H20ClFN6O/c1-11-21-17-16(18(27)22-11)23-24-26(17)9-12-4-3-7-25(8-12)10-13-14(19)5-2-6-15(13)20/h2,5-6,12H,3-4,7-10H2,1H3,(H,21,22,27)/t12-/m0/s1. The molecule has 1 aliphatic rings. The van der Waals surface area contributed by atoms with Gasteiger partial charge in [0.25, 0.3) is 5.56 Å². The second-order valence-electron chi connectivity index (χ2n) is 7.04. The minimum absolute atomic E-state index is 0.256. The molecule has 7 nitrogen and oxygen atoms in total. The first-order chi connectivity index (χ1) is 13.0. The van der Waals surface area contributed by atoms with Crippen molar-refractivity contribution in [3.8, 4) is 0 Å². The van der Waals surface area contributed by atoms with Crippen LogP contribution in [0.1, 0.15) is 24.2 Å². The van der Waals surface area contributed by atoms with Gasteiger partial charge < -0.3 is 4.98 Å². The van der Waals surface area contributed by atoms with Crippen LogP contribution in [-0.4, -0.2) is 43.0 Å². The lowest BCUT2D eigenvalue weighted by atomic mass is 9.97. The van der Waals surface area contributed by atoms with E-state index in [1.807, 2.05) is 0 Å². The predicted molar refractivity (Wildman–Crippen MR) is 100 cm³/mol. The Kier molecular flexibility index (Phi) is 4.92. The summed E-state index contributed by atoms with van der Waals surface area (Å²) in [6, 6.07) is 4.77. The Labute approximate surface area is 160 Å². The van der Waals surface area contributed by atoms with Crippen LogP contribution in [0.3, 0.4) is 0 Å². The summed E-state index contributed by atoms with van der Waals surface area (Å²) in [5.41, 5.74) is 1.02. The first kappa shape index (κ1) is 18.1. The molecule has 142 valence electrons. The molecular weight excluding hydrogens is 371 g/mol. The van der Waals surface area contributed by atoms with Crippen molar-refractivity contribution in [2.45, 2.75) is 32.9 Å². The predicted octanol–water partition coefficient (Wildman–Crippen LogP) is 2.53. The van der Waals surface area contributed by atoms with Crippen LogP contribution in [0.4, 0.5) is 4.39 Å². The van der Waals surface area contributed by atoms with Gasteiger partial charge in [-0.05, 0) is 44.4 Å². The highest BCUT2D eigenvalue weighted by Crippen LogP contribution is 2.25. The van der Waals surface area contributed by atoms with Gasteiger partial charge in [-0.25, -0.2) is 14.1 Å². The van der Waals surface area contributed by atoms with Crippen LogP contribution in [0.15, 0.2) is 23.0 Å². The van der Waals surface area contributed by atoms with Gasteiger partial charge >= 0.3 is 0 Å². The molecule has 0 spiro atoms. The van der Waals surface area contributed by atoms with E-state index in [-0.39, 0.29) is 16.9 Å². The van der Waals surface area contributed by atoms with E-state index in [0.29, 0.717) is 41.1 Å². The number of H-pyrrole nitrogens is 1.